The fourth-order valence-electron chi connectivity index (χ4n) is 3.46. The molecule has 0 fully saturated rings. The van der Waals surface area contributed by atoms with Crippen molar-refractivity contribution in [1.29, 1.82) is 0 Å². The quantitative estimate of drug-likeness (QED) is 0.250. The van der Waals surface area contributed by atoms with Gasteiger partial charge in [-0.25, -0.2) is 9.69 Å². The Morgan fingerprint density at radius 2 is 1.52 bits per heavy atom. The van der Waals surface area contributed by atoms with Crippen molar-refractivity contribution in [3.8, 4) is 5.75 Å². The molecule has 3 N–H and O–H groups in total. The highest BCUT2D eigenvalue weighted by molar-refractivity contribution is 6.53. The maximum Gasteiger partial charge on any atom is 0.343 e. The molecule has 0 aromatic heterocycles. The molecule has 8 heteroatoms. The predicted molar refractivity (Wildman–Crippen MR) is 127 cm³/mol. The fourth-order valence-corrected chi connectivity index (χ4v) is 3.67. The lowest BCUT2D eigenvalue weighted by atomic mass is 10.1. The van der Waals surface area contributed by atoms with Gasteiger partial charge in [0.1, 0.15) is 16.5 Å². The fraction of sp³-hybridized carbons (Fsp3) is 0.0800. The molecule has 33 heavy (non-hydrogen) atoms. The van der Waals surface area contributed by atoms with E-state index in [1.54, 1.807) is 60.7 Å². The normalized spacial score (nSPS) is 13.5. The zero-order valence-corrected chi connectivity index (χ0v) is 18.6. The first-order chi connectivity index (χ1) is 15.7. The molecule has 0 atom stereocenters. The number of anilines is 3. The SMILES string of the molecule is Cc1cc(C)cc(N2C(=O)C(Cl)=C(Nc3ccc(C(=O)Oc4ccc(N)cc4)cc3)C2=O)c1. The summed E-state index contributed by atoms with van der Waals surface area (Å²) < 4.78 is 5.31. The first-order valence-corrected chi connectivity index (χ1v) is 10.4. The minimum atomic E-state index is -0.599. The number of carbonyl (C=O) groups is 3. The second-order valence-corrected chi connectivity index (χ2v) is 8.02. The third-order valence-corrected chi connectivity index (χ3v) is 5.32. The largest absolute Gasteiger partial charge is 0.423 e. The second kappa shape index (κ2) is 8.80. The number of hydrogen-bond acceptors (Lipinski definition) is 6. The van der Waals surface area contributed by atoms with Gasteiger partial charge in [-0.05, 0) is 85.6 Å². The van der Waals surface area contributed by atoms with Crippen LogP contribution >= 0.6 is 11.6 Å². The molecule has 0 saturated carbocycles. The van der Waals surface area contributed by atoms with Gasteiger partial charge in [0.05, 0.1) is 11.3 Å². The van der Waals surface area contributed by atoms with E-state index in [9.17, 15) is 14.4 Å². The van der Waals surface area contributed by atoms with Crippen molar-refractivity contribution in [2.24, 2.45) is 0 Å². The summed E-state index contributed by atoms with van der Waals surface area (Å²) in [5, 5.41) is 2.69. The smallest absolute Gasteiger partial charge is 0.343 e. The lowest BCUT2D eigenvalue weighted by Gasteiger charge is -2.16. The molecule has 4 rings (SSSR count). The van der Waals surface area contributed by atoms with E-state index in [1.165, 1.54) is 0 Å². The number of imide groups is 1. The molecule has 1 aliphatic rings. The van der Waals surface area contributed by atoms with E-state index in [4.69, 9.17) is 22.1 Å². The monoisotopic (exact) mass is 461 g/mol. The summed E-state index contributed by atoms with van der Waals surface area (Å²) in [5.74, 6) is -1.33. The molecule has 166 valence electrons. The van der Waals surface area contributed by atoms with Gasteiger partial charge in [0.15, 0.2) is 0 Å². The van der Waals surface area contributed by atoms with Crippen LogP contribution in [0.15, 0.2) is 77.5 Å². The number of hydrogen-bond donors (Lipinski definition) is 2. The van der Waals surface area contributed by atoms with Gasteiger partial charge in [0, 0.05) is 11.4 Å². The number of carbonyl (C=O) groups excluding carboxylic acids is 3. The number of halogens is 1. The van der Waals surface area contributed by atoms with Crippen LogP contribution in [0.3, 0.4) is 0 Å². The van der Waals surface area contributed by atoms with Crippen LogP contribution in [-0.4, -0.2) is 17.8 Å². The lowest BCUT2D eigenvalue weighted by Crippen LogP contribution is -2.32. The number of nitrogens with two attached hydrogens (primary N) is 1. The predicted octanol–water partition coefficient (Wildman–Crippen LogP) is 4.54. The number of nitrogens with zero attached hydrogens (tertiary/aromatic N) is 1. The Bertz CT molecular complexity index is 1280. The van der Waals surface area contributed by atoms with E-state index in [1.807, 2.05) is 19.9 Å². The minimum absolute atomic E-state index is 0.0296. The van der Waals surface area contributed by atoms with Gasteiger partial charge in [0.25, 0.3) is 11.8 Å². The molecule has 0 radical (unpaired) electrons. The average Bonchev–Trinajstić information content (AvgIpc) is 2.98. The summed E-state index contributed by atoms with van der Waals surface area (Å²) >= 11 is 6.20. The van der Waals surface area contributed by atoms with Crippen molar-refractivity contribution >= 4 is 46.4 Å². The van der Waals surface area contributed by atoms with Crippen LogP contribution in [0, 0.1) is 13.8 Å². The highest BCUT2D eigenvalue weighted by Crippen LogP contribution is 2.31. The number of nitrogens with one attached hydrogen (secondary N) is 1. The number of ether oxygens (including phenoxy) is 1. The standard InChI is InChI=1S/C25H20ClN3O4/c1-14-11-15(2)13-19(12-14)29-23(30)21(26)22(24(29)31)28-18-7-3-16(4-8-18)25(32)33-20-9-5-17(27)6-10-20/h3-13,28H,27H2,1-2H3. The number of nitrogen functional groups attached to an aromatic ring is 1. The summed E-state index contributed by atoms with van der Waals surface area (Å²) in [6.45, 7) is 3.77. The molecule has 0 spiro atoms. The Morgan fingerprint density at radius 1 is 0.909 bits per heavy atom. The van der Waals surface area contributed by atoms with Gasteiger partial charge in [-0.3, -0.25) is 9.59 Å². The summed E-state index contributed by atoms with van der Waals surface area (Å²) in [6.07, 6.45) is 0. The molecule has 0 bridgehead atoms. The Labute approximate surface area is 195 Å². The molecule has 3 aromatic rings. The molecule has 1 aliphatic heterocycles. The zero-order chi connectivity index (χ0) is 23.7. The minimum Gasteiger partial charge on any atom is -0.423 e. The van der Waals surface area contributed by atoms with Crippen molar-refractivity contribution in [2.45, 2.75) is 13.8 Å². The first-order valence-electron chi connectivity index (χ1n) is 10.0. The molecule has 0 saturated heterocycles. The van der Waals surface area contributed by atoms with E-state index >= 15 is 0 Å². The highest BCUT2D eigenvalue weighted by Gasteiger charge is 2.39. The molecular formula is C25H20ClN3O4. The van der Waals surface area contributed by atoms with Crippen molar-refractivity contribution in [1.82, 2.24) is 0 Å². The zero-order valence-electron chi connectivity index (χ0n) is 17.9. The maximum atomic E-state index is 13.0. The average molecular weight is 462 g/mol. The number of rotatable bonds is 5. The highest BCUT2D eigenvalue weighted by atomic mass is 35.5. The summed E-state index contributed by atoms with van der Waals surface area (Å²) in [4.78, 5) is 39.0. The van der Waals surface area contributed by atoms with E-state index in [-0.39, 0.29) is 10.7 Å². The van der Waals surface area contributed by atoms with Crippen LogP contribution in [0.5, 0.6) is 5.75 Å². The van der Waals surface area contributed by atoms with Crippen molar-refractivity contribution in [3.05, 3.63) is 94.1 Å². The first kappa shape index (κ1) is 22.1. The molecule has 0 aliphatic carbocycles. The number of amides is 2. The molecule has 1 heterocycles. The molecule has 3 aromatic carbocycles. The number of esters is 1. The molecular weight excluding hydrogens is 442 g/mol. The topological polar surface area (TPSA) is 102 Å². The van der Waals surface area contributed by atoms with Crippen LogP contribution < -0.4 is 20.7 Å². The summed E-state index contributed by atoms with van der Waals surface area (Å²) in [6, 6.07) is 18.2. The van der Waals surface area contributed by atoms with Gasteiger partial charge < -0.3 is 15.8 Å². The Balaban J connectivity index is 1.49. The third kappa shape index (κ3) is 4.58. The second-order valence-electron chi connectivity index (χ2n) is 7.64. The van der Waals surface area contributed by atoms with Gasteiger partial charge in [-0.2, -0.15) is 0 Å². The molecule has 2 amide bonds. The van der Waals surface area contributed by atoms with E-state index in [0.717, 1.165) is 16.0 Å². The molecule has 0 unspecified atom stereocenters. The number of aryl methyl sites for hydroxylation is 2. The van der Waals surface area contributed by atoms with Gasteiger partial charge in [-0.15, -0.1) is 0 Å². The Morgan fingerprint density at radius 3 is 2.12 bits per heavy atom. The van der Waals surface area contributed by atoms with Crippen LogP contribution in [0.1, 0.15) is 21.5 Å². The van der Waals surface area contributed by atoms with E-state index in [2.05, 4.69) is 5.32 Å². The maximum absolute atomic E-state index is 13.0. The third-order valence-electron chi connectivity index (χ3n) is 4.97. The van der Waals surface area contributed by atoms with Crippen LogP contribution in [0.25, 0.3) is 0 Å². The number of benzene rings is 3. The summed E-state index contributed by atoms with van der Waals surface area (Å²) in [5.41, 5.74) is 9.25. The van der Waals surface area contributed by atoms with Crippen molar-refractivity contribution in [3.63, 3.8) is 0 Å². The summed E-state index contributed by atoms with van der Waals surface area (Å²) in [7, 11) is 0. The van der Waals surface area contributed by atoms with Crippen molar-refractivity contribution < 1.29 is 19.1 Å². The van der Waals surface area contributed by atoms with Crippen LogP contribution in [0.4, 0.5) is 17.1 Å². The van der Waals surface area contributed by atoms with E-state index < -0.39 is 17.8 Å². The Hall–Kier alpha value is -4.10. The van der Waals surface area contributed by atoms with Gasteiger partial charge in [0.2, 0.25) is 0 Å². The molecule has 7 nitrogen and oxygen atoms in total. The van der Waals surface area contributed by atoms with Crippen molar-refractivity contribution in [2.75, 3.05) is 16.0 Å². The van der Waals surface area contributed by atoms with Gasteiger partial charge >= 0.3 is 5.97 Å². The van der Waals surface area contributed by atoms with Gasteiger partial charge in [-0.1, -0.05) is 17.7 Å². The van der Waals surface area contributed by atoms with Crippen LogP contribution in [-0.2, 0) is 9.59 Å². The Kier molecular flexibility index (Phi) is 5.89. The van der Waals surface area contributed by atoms with E-state index in [0.29, 0.717) is 28.4 Å². The van der Waals surface area contributed by atoms with Crippen LogP contribution in [0.2, 0.25) is 0 Å². The lowest BCUT2D eigenvalue weighted by molar-refractivity contribution is -0.120.